The topological polar surface area (TPSA) is 85.4 Å². The molecule has 1 aliphatic heterocycles. The van der Waals surface area contributed by atoms with Crippen molar-refractivity contribution in [3.05, 3.63) is 71.8 Å². The highest BCUT2D eigenvalue weighted by atomic mass is 16.6. The van der Waals surface area contributed by atoms with Crippen LogP contribution < -0.4 is 0 Å². The van der Waals surface area contributed by atoms with Crippen molar-refractivity contribution in [3.63, 3.8) is 0 Å². The Kier molecular flexibility index (Phi) is 7.86. The summed E-state index contributed by atoms with van der Waals surface area (Å²) in [6.07, 6.45) is -0.571. The standard InChI is InChI=1S/C23H26N2O6/c1-29-21(26)15-25(23(28)31-17-19-10-6-3-7-11-19)20-12-13-24(14-20)22(27)30-16-18-8-4-2-5-9-18/h2-11,20H,12-17H2,1H3/t20-/m1/s1. The Hall–Kier alpha value is -3.55. The van der Waals surface area contributed by atoms with Gasteiger partial charge in [0.1, 0.15) is 19.8 Å². The van der Waals surface area contributed by atoms with Crippen LogP contribution in [0.1, 0.15) is 17.5 Å². The smallest absolute Gasteiger partial charge is 0.410 e. The third-order valence-corrected chi connectivity index (χ3v) is 5.03. The normalized spacial score (nSPS) is 15.3. The first kappa shape index (κ1) is 22.1. The predicted octanol–water partition coefficient (Wildman–Crippen LogP) is 3.21. The minimum Gasteiger partial charge on any atom is -0.468 e. The van der Waals surface area contributed by atoms with Gasteiger partial charge in [-0.3, -0.25) is 9.69 Å². The van der Waals surface area contributed by atoms with E-state index >= 15 is 0 Å². The van der Waals surface area contributed by atoms with Gasteiger partial charge in [-0.15, -0.1) is 0 Å². The molecule has 0 N–H and O–H groups in total. The average molecular weight is 426 g/mol. The molecule has 1 atom stereocenters. The van der Waals surface area contributed by atoms with Gasteiger partial charge in [-0.25, -0.2) is 9.59 Å². The van der Waals surface area contributed by atoms with Gasteiger partial charge >= 0.3 is 18.2 Å². The van der Waals surface area contributed by atoms with Crippen molar-refractivity contribution < 1.29 is 28.6 Å². The van der Waals surface area contributed by atoms with E-state index in [1.165, 1.54) is 16.9 Å². The molecule has 164 valence electrons. The van der Waals surface area contributed by atoms with Crippen LogP contribution in [-0.2, 0) is 32.2 Å². The molecule has 0 saturated carbocycles. The summed E-state index contributed by atoms with van der Waals surface area (Å²) < 4.78 is 15.5. The quantitative estimate of drug-likeness (QED) is 0.499. The lowest BCUT2D eigenvalue weighted by atomic mass is 10.2. The predicted molar refractivity (Wildman–Crippen MR) is 112 cm³/mol. The number of benzene rings is 2. The summed E-state index contributed by atoms with van der Waals surface area (Å²) in [4.78, 5) is 39.8. The molecule has 1 aliphatic rings. The summed E-state index contributed by atoms with van der Waals surface area (Å²) in [7, 11) is 1.26. The van der Waals surface area contributed by atoms with E-state index in [0.29, 0.717) is 13.0 Å². The lowest BCUT2D eigenvalue weighted by Crippen LogP contribution is -2.45. The van der Waals surface area contributed by atoms with Crippen molar-refractivity contribution in [2.45, 2.75) is 25.7 Å². The summed E-state index contributed by atoms with van der Waals surface area (Å²) in [5.41, 5.74) is 1.73. The fraction of sp³-hybridized carbons (Fsp3) is 0.348. The number of nitrogens with zero attached hydrogens (tertiary/aromatic N) is 2. The van der Waals surface area contributed by atoms with E-state index in [1.54, 1.807) is 0 Å². The molecule has 31 heavy (non-hydrogen) atoms. The molecule has 8 heteroatoms. The number of hydrogen-bond acceptors (Lipinski definition) is 6. The first-order valence-electron chi connectivity index (χ1n) is 10.1. The second-order valence-electron chi connectivity index (χ2n) is 7.17. The van der Waals surface area contributed by atoms with Gasteiger partial charge in [-0.2, -0.15) is 0 Å². The largest absolute Gasteiger partial charge is 0.468 e. The van der Waals surface area contributed by atoms with Crippen molar-refractivity contribution in [1.29, 1.82) is 0 Å². The molecule has 0 aliphatic carbocycles. The maximum Gasteiger partial charge on any atom is 0.410 e. The fourth-order valence-corrected chi connectivity index (χ4v) is 3.32. The molecule has 2 amide bonds. The van der Waals surface area contributed by atoms with Crippen LogP contribution in [0.5, 0.6) is 0 Å². The Bertz CT molecular complexity index is 874. The Morgan fingerprint density at radius 1 is 0.935 bits per heavy atom. The molecule has 1 fully saturated rings. The second kappa shape index (κ2) is 11.0. The van der Waals surface area contributed by atoms with Crippen LogP contribution in [0.3, 0.4) is 0 Å². The Labute approximate surface area is 181 Å². The van der Waals surface area contributed by atoms with Gasteiger partial charge < -0.3 is 19.1 Å². The monoisotopic (exact) mass is 426 g/mol. The average Bonchev–Trinajstić information content (AvgIpc) is 3.30. The zero-order valence-electron chi connectivity index (χ0n) is 17.4. The number of carbonyl (C=O) groups excluding carboxylic acids is 3. The molecule has 0 radical (unpaired) electrons. The third kappa shape index (κ3) is 6.47. The number of ether oxygens (including phenoxy) is 3. The zero-order chi connectivity index (χ0) is 22.1. The van der Waals surface area contributed by atoms with Gasteiger partial charge in [-0.1, -0.05) is 60.7 Å². The highest BCUT2D eigenvalue weighted by Crippen LogP contribution is 2.19. The molecule has 0 unspecified atom stereocenters. The second-order valence-corrected chi connectivity index (χ2v) is 7.17. The molecule has 0 aromatic heterocycles. The molecule has 0 bridgehead atoms. The van der Waals surface area contributed by atoms with Gasteiger partial charge in [-0.05, 0) is 17.5 Å². The summed E-state index contributed by atoms with van der Waals surface area (Å²) in [6.45, 7) is 0.688. The molecular formula is C23H26N2O6. The van der Waals surface area contributed by atoms with Crippen molar-refractivity contribution in [2.75, 3.05) is 26.7 Å². The minimum atomic E-state index is -0.626. The fourth-order valence-electron chi connectivity index (χ4n) is 3.32. The molecule has 8 nitrogen and oxygen atoms in total. The number of esters is 1. The van der Waals surface area contributed by atoms with Crippen LogP contribution in [-0.4, -0.2) is 60.7 Å². The Morgan fingerprint density at radius 2 is 1.52 bits per heavy atom. The Morgan fingerprint density at radius 3 is 2.10 bits per heavy atom. The zero-order valence-corrected chi connectivity index (χ0v) is 17.4. The summed E-state index contributed by atoms with van der Waals surface area (Å²) in [6, 6.07) is 18.3. The van der Waals surface area contributed by atoms with Crippen LogP contribution in [0.15, 0.2) is 60.7 Å². The van der Waals surface area contributed by atoms with Gasteiger partial charge in [0.15, 0.2) is 0 Å². The van der Waals surface area contributed by atoms with Crippen molar-refractivity contribution in [1.82, 2.24) is 9.80 Å². The maximum absolute atomic E-state index is 12.7. The van der Waals surface area contributed by atoms with Crippen LogP contribution in [0.4, 0.5) is 9.59 Å². The van der Waals surface area contributed by atoms with E-state index in [0.717, 1.165) is 11.1 Å². The third-order valence-electron chi connectivity index (χ3n) is 5.03. The highest BCUT2D eigenvalue weighted by molar-refractivity contribution is 5.78. The van der Waals surface area contributed by atoms with Crippen LogP contribution in [0.25, 0.3) is 0 Å². The van der Waals surface area contributed by atoms with Crippen molar-refractivity contribution >= 4 is 18.2 Å². The summed E-state index contributed by atoms with van der Waals surface area (Å²) >= 11 is 0. The lowest BCUT2D eigenvalue weighted by molar-refractivity contribution is -0.142. The van der Waals surface area contributed by atoms with E-state index < -0.39 is 18.2 Å². The summed E-state index contributed by atoms with van der Waals surface area (Å²) in [5.74, 6) is -0.554. The maximum atomic E-state index is 12.7. The number of methoxy groups -OCH3 is 1. The van der Waals surface area contributed by atoms with Crippen LogP contribution in [0.2, 0.25) is 0 Å². The van der Waals surface area contributed by atoms with E-state index in [2.05, 4.69) is 0 Å². The molecule has 2 aromatic carbocycles. The lowest BCUT2D eigenvalue weighted by Gasteiger charge is -2.27. The van der Waals surface area contributed by atoms with Crippen LogP contribution >= 0.6 is 0 Å². The van der Waals surface area contributed by atoms with E-state index in [-0.39, 0.29) is 32.3 Å². The number of rotatable bonds is 7. The van der Waals surface area contributed by atoms with E-state index in [1.807, 2.05) is 60.7 Å². The SMILES string of the molecule is COC(=O)CN(C(=O)OCc1ccccc1)[C@@H]1CCN(C(=O)OCc2ccccc2)C1. The van der Waals surface area contributed by atoms with Crippen molar-refractivity contribution in [2.24, 2.45) is 0 Å². The van der Waals surface area contributed by atoms with Gasteiger partial charge in [0.2, 0.25) is 0 Å². The van der Waals surface area contributed by atoms with Gasteiger partial charge in [0.25, 0.3) is 0 Å². The van der Waals surface area contributed by atoms with Crippen molar-refractivity contribution in [3.8, 4) is 0 Å². The minimum absolute atomic E-state index is 0.0902. The van der Waals surface area contributed by atoms with Gasteiger partial charge in [0.05, 0.1) is 13.2 Å². The number of amides is 2. The number of likely N-dealkylation sites (tertiary alicyclic amines) is 1. The summed E-state index contributed by atoms with van der Waals surface area (Å²) in [5, 5.41) is 0. The van der Waals surface area contributed by atoms with Crippen LogP contribution in [0, 0.1) is 0 Å². The molecule has 0 spiro atoms. The molecule has 3 rings (SSSR count). The van der Waals surface area contributed by atoms with E-state index in [9.17, 15) is 14.4 Å². The molecular weight excluding hydrogens is 400 g/mol. The first-order valence-corrected chi connectivity index (χ1v) is 10.1. The number of hydrogen-bond donors (Lipinski definition) is 0. The van der Waals surface area contributed by atoms with E-state index in [4.69, 9.17) is 14.2 Å². The molecule has 2 aromatic rings. The number of carbonyl (C=O) groups is 3. The van der Waals surface area contributed by atoms with Gasteiger partial charge in [0, 0.05) is 13.1 Å². The molecule has 1 heterocycles. The highest BCUT2D eigenvalue weighted by Gasteiger charge is 2.35. The Balaban J connectivity index is 1.57. The molecule has 1 saturated heterocycles. The first-order chi connectivity index (χ1) is 15.1.